The van der Waals surface area contributed by atoms with Crippen molar-refractivity contribution >= 4 is 16.9 Å². The predicted octanol–water partition coefficient (Wildman–Crippen LogP) is 2.32. The Morgan fingerprint density at radius 1 is 1.37 bits per heavy atom. The van der Waals surface area contributed by atoms with Crippen LogP contribution in [0, 0.1) is 6.92 Å². The van der Waals surface area contributed by atoms with Gasteiger partial charge >= 0.3 is 5.97 Å². The van der Waals surface area contributed by atoms with Crippen LogP contribution in [0.3, 0.4) is 0 Å². The lowest BCUT2D eigenvalue weighted by Gasteiger charge is -2.13. The van der Waals surface area contributed by atoms with Crippen molar-refractivity contribution in [2.75, 3.05) is 0 Å². The molecule has 0 amide bonds. The summed E-state index contributed by atoms with van der Waals surface area (Å²) < 4.78 is 5.59. The molecule has 0 aliphatic carbocycles. The second-order valence-electron chi connectivity index (χ2n) is 4.60. The van der Waals surface area contributed by atoms with E-state index < -0.39 is 5.97 Å². The topological polar surface area (TPSA) is 79.4 Å². The molecule has 0 radical (unpaired) electrons. The number of hydrogen-bond donors (Lipinski definition) is 2. The van der Waals surface area contributed by atoms with Crippen LogP contribution in [0.5, 0.6) is 5.75 Å². The average molecular weight is 261 g/mol. The average Bonchev–Trinajstić information content (AvgIpc) is 2.33. The standard InChI is InChI=1S/C14H15NO4/c1-7(2)19-10-6-4-5-9-12(10)15-11(14(17)18)8(3)13(9)16/h4-7H,1-3H3,(H,15,16)(H,17,18). The van der Waals surface area contributed by atoms with Crippen molar-refractivity contribution in [2.45, 2.75) is 26.9 Å². The number of para-hydroxylation sites is 1. The van der Waals surface area contributed by atoms with Gasteiger partial charge in [0.2, 0.25) is 0 Å². The zero-order valence-corrected chi connectivity index (χ0v) is 11.0. The van der Waals surface area contributed by atoms with Crippen LogP contribution < -0.4 is 10.2 Å². The van der Waals surface area contributed by atoms with Crippen molar-refractivity contribution < 1.29 is 14.6 Å². The molecular formula is C14H15NO4. The molecule has 5 heteroatoms. The van der Waals surface area contributed by atoms with Crippen molar-refractivity contribution in [3.05, 3.63) is 39.7 Å². The molecular weight excluding hydrogens is 246 g/mol. The van der Waals surface area contributed by atoms with Crippen LogP contribution >= 0.6 is 0 Å². The molecule has 1 aromatic heterocycles. The van der Waals surface area contributed by atoms with E-state index in [0.717, 1.165) is 0 Å². The Labute approximate surface area is 109 Å². The maximum absolute atomic E-state index is 12.2. The van der Waals surface area contributed by atoms with Gasteiger partial charge in [0.15, 0.2) is 5.43 Å². The fraction of sp³-hybridized carbons (Fsp3) is 0.286. The number of aromatic carboxylic acids is 1. The molecule has 2 aromatic rings. The minimum Gasteiger partial charge on any atom is -0.489 e. The van der Waals surface area contributed by atoms with Crippen molar-refractivity contribution in [1.82, 2.24) is 4.98 Å². The van der Waals surface area contributed by atoms with E-state index in [1.165, 1.54) is 6.92 Å². The second-order valence-corrected chi connectivity index (χ2v) is 4.60. The number of carboxylic acid groups (broad SMARTS) is 1. The Kier molecular flexibility index (Phi) is 3.29. The van der Waals surface area contributed by atoms with E-state index in [0.29, 0.717) is 16.7 Å². The number of aromatic amines is 1. The van der Waals surface area contributed by atoms with Gasteiger partial charge in [-0.1, -0.05) is 6.07 Å². The molecule has 1 heterocycles. The summed E-state index contributed by atoms with van der Waals surface area (Å²) in [4.78, 5) is 26.1. The first kappa shape index (κ1) is 13.1. The maximum atomic E-state index is 12.2. The first-order valence-corrected chi connectivity index (χ1v) is 5.97. The van der Waals surface area contributed by atoms with Crippen LogP contribution in [0.15, 0.2) is 23.0 Å². The third-order valence-corrected chi connectivity index (χ3v) is 2.81. The molecule has 2 rings (SSSR count). The van der Waals surface area contributed by atoms with Gasteiger partial charge in [-0.2, -0.15) is 0 Å². The molecule has 0 saturated heterocycles. The van der Waals surface area contributed by atoms with E-state index in [4.69, 9.17) is 9.84 Å². The Morgan fingerprint density at radius 3 is 2.63 bits per heavy atom. The summed E-state index contributed by atoms with van der Waals surface area (Å²) in [5.41, 5.74) is 0.226. The summed E-state index contributed by atoms with van der Waals surface area (Å²) in [5, 5.41) is 9.54. The fourth-order valence-corrected chi connectivity index (χ4v) is 1.95. The normalized spacial score (nSPS) is 10.9. The van der Waals surface area contributed by atoms with Crippen molar-refractivity contribution in [2.24, 2.45) is 0 Å². The number of nitrogens with one attached hydrogen (secondary N) is 1. The first-order valence-electron chi connectivity index (χ1n) is 5.97. The van der Waals surface area contributed by atoms with Gasteiger partial charge in [0.1, 0.15) is 11.4 Å². The SMILES string of the molecule is Cc1c(C(=O)O)[nH]c2c(OC(C)C)cccc2c1=O. The van der Waals surface area contributed by atoms with E-state index in [2.05, 4.69) is 4.98 Å². The maximum Gasteiger partial charge on any atom is 0.352 e. The number of H-pyrrole nitrogens is 1. The van der Waals surface area contributed by atoms with Crippen molar-refractivity contribution in [1.29, 1.82) is 0 Å². The molecule has 0 fully saturated rings. The highest BCUT2D eigenvalue weighted by molar-refractivity contribution is 5.93. The summed E-state index contributed by atoms with van der Waals surface area (Å²) in [5.74, 6) is -0.678. The largest absolute Gasteiger partial charge is 0.489 e. The number of rotatable bonds is 3. The van der Waals surface area contributed by atoms with E-state index in [-0.39, 0.29) is 22.8 Å². The first-order chi connectivity index (χ1) is 8.91. The Morgan fingerprint density at radius 2 is 2.05 bits per heavy atom. The molecule has 0 aliphatic heterocycles. The summed E-state index contributed by atoms with van der Waals surface area (Å²) in [6.07, 6.45) is -0.0660. The number of pyridine rings is 1. The third-order valence-electron chi connectivity index (χ3n) is 2.81. The van der Waals surface area contributed by atoms with Gasteiger partial charge in [-0.25, -0.2) is 4.79 Å². The lowest BCUT2D eigenvalue weighted by molar-refractivity contribution is 0.0690. The molecule has 2 N–H and O–H groups in total. The molecule has 0 aliphatic rings. The summed E-state index contributed by atoms with van der Waals surface area (Å²) in [7, 11) is 0. The molecule has 0 bridgehead atoms. The molecule has 19 heavy (non-hydrogen) atoms. The smallest absolute Gasteiger partial charge is 0.352 e. The number of carbonyl (C=O) groups is 1. The molecule has 0 spiro atoms. The summed E-state index contributed by atoms with van der Waals surface area (Å²) >= 11 is 0. The monoisotopic (exact) mass is 261 g/mol. The molecule has 0 unspecified atom stereocenters. The minimum atomic E-state index is -1.16. The molecule has 5 nitrogen and oxygen atoms in total. The van der Waals surface area contributed by atoms with Gasteiger partial charge in [0.25, 0.3) is 0 Å². The third kappa shape index (κ3) is 2.31. The van der Waals surface area contributed by atoms with E-state index in [1.54, 1.807) is 18.2 Å². The second kappa shape index (κ2) is 4.76. The van der Waals surface area contributed by atoms with Gasteiger partial charge in [0.05, 0.1) is 11.6 Å². The van der Waals surface area contributed by atoms with Crippen LogP contribution in [0.4, 0.5) is 0 Å². The van der Waals surface area contributed by atoms with Gasteiger partial charge < -0.3 is 14.8 Å². The zero-order valence-electron chi connectivity index (χ0n) is 11.0. The van der Waals surface area contributed by atoms with Crippen LogP contribution in [-0.4, -0.2) is 22.2 Å². The fourth-order valence-electron chi connectivity index (χ4n) is 1.95. The van der Waals surface area contributed by atoms with Crippen LogP contribution in [0.2, 0.25) is 0 Å². The van der Waals surface area contributed by atoms with E-state index in [1.807, 2.05) is 13.8 Å². The lowest BCUT2D eigenvalue weighted by atomic mass is 10.1. The number of ether oxygens (including phenoxy) is 1. The molecule has 0 saturated carbocycles. The number of carboxylic acids is 1. The van der Waals surface area contributed by atoms with Crippen molar-refractivity contribution in [3.8, 4) is 5.75 Å². The quantitative estimate of drug-likeness (QED) is 0.888. The summed E-state index contributed by atoms with van der Waals surface area (Å²) in [6.45, 7) is 5.23. The number of hydrogen-bond acceptors (Lipinski definition) is 3. The van der Waals surface area contributed by atoms with Crippen LogP contribution in [0.1, 0.15) is 29.9 Å². The number of benzene rings is 1. The van der Waals surface area contributed by atoms with Gasteiger partial charge in [-0.05, 0) is 32.9 Å². The highest BCUT2D eigenvalue weighted by Crippen LogP contribution is 2.23. The highest BCUT2D eigenvalue weighted by atomic mass is 16.5. The Hall–Kier alpha value is -2.30. The summed E-state index contributed by atoms with van der Waals surface area (Å²) in [6, 6.07) is 5.08. The highest BCUT2D eigenvalue weighted by Gasteiger charge is 2.16. The van der Waals surface area contributed by atoms with E-state index >= 15 is 0 Å². The van der Waals surface area contributed by atoms with E-state index in [9.17, 15) is 9.59 Å². The number of fused-ring (bicyclic) bond motifs is 1. The zero-order chi connectivity index (χ0) is 14.2. The van der Waals surface area contributed by atoms with Crippen molar-refractivity contribution in [3.63, 3.8) is 0 Å². The Bertz CT molecular complexity index is 700. The van der Waals surface area contributed by atoms with Gasteiger partial charge in [0, 0.05) is 10.9 Å². The minimum absolute atomic E-state index is 0.0660. The lowest BCUT2D eigenvalue weighted by Crippen LogP contribution is -2.16. The van der Waals surface area contributed by atoms with Crippen LogP contribution in [0.25, 0.3) is 10.9 Å². The predicted molar refractivity (Wildman–Crippen MR) is 72.0 cm³/mol. The molecule has 100 valence electrons. The number of aromatic nitrogens is 1. The Balaban J connectivity index is 2.82. The van der Waals surface area contributed by atoms with Gasteiger partial charge in [-0.15, -0.1) is 0 Å². The van der Waals surface area contributed by atoms with Crippen LogP contribution in [-0.2, 0) is 0 Å². The molecule has 1 aromatic carbocycles. The van der Waals surface area contributed by atoms with Gasteiger partial charge in [-0.3, -0.25) is 4.79 Å². The molecule has 0 atom stereocenters.